The molecule has 3 N–H and O–H groups in total. The Morgan fingerprint density at radius 2 is 1.89 bits per heavy atom. The Morgan fingerprint density at radius 1 is 1.00 bits per heavy atom. The summed E-state index contributed by atoms with van der Waals surface area (Å²) < 4.78 is 20.3. The van der Waals surface area contributed by atoms with E-state index in [1.54, 1.807) is 18.5 Å². The summed E-state index contributed by atoms with van der Waals surface area (Å²) in [7, 11) is 3.92. The second-order valence-corrected chi connectivity index (χ2v) is 9.23. The summed E-state index contributed by atoms with van der Waals surface area (Å²) in [4.78, 5) is 18.7. The lowest BCUT2D eigenvalue weighted by Gasteiger charge is -2.12. The molecule has 190 valence electrons. The SMILES string of the molecule is CN(C)CCOc1cc(F)cc(-c2cccc3[nH]c(-c4n[nH]c5cnc(-c6cncc(O)c6)cc45)nc23)c1. The van der Waals surface area contributed by atoms with Gasteiger partial charge in [-0.05, 0) is 50.0 Å². The number of aromatic amines is 2. The number of likely N-dealkylation sites (N-methyl/N-ethyl adjacent to an activating group) is 1. The van der Waals surface area contributed by atoms with Gasteiger partial charge in [-0.3, -0.25) is 15.1 Å². The van der Waals surface area contributed by atoms with Gasteiger partial charge in [0.15, 0.2) is 5.82 Å². The first-order valence-corrected chi connectivity index (χ1v) is 12.0. The number of pyridine rings is 2. The van der Waals surface area contributed by atoms with Crippen molar-refractivity contribution in [2.24, 2.45) is 0 Å². The molecule has 0 atom stereocenters. The van der Waals surface area contributed by atoms with Crippen LogP contribution in [0.5, 0.6) is 11.5 Å². The Labute approximate surface area is 217 Å². The quantitative estimate of drug-likeness (QED) is 0.277. The lowest BCUT2D eigenvalue weighted by molar-refractivity contribution is 0.260. The van der Waals surface area contributed by atoms with Crippen molar-refractivity contribution in [1.29, 1.82) is 0 Å². The van der Waals surface area contributed by atoms with Gasteiger partial charge >= 0.3 is 0 Å². The van der Waals surface area contributed by atoms with Crippen LogP contribution in [-0.4, -0.2) is 67.4 Å². The minimum atomic E-state index is -0.380. The van der Waals surface area contributed by atoms with Gasteiger partial charge in [0.2, 0.25) is 0 Å². The second-order valence-electron chi connectivity index (χ2n) is 9.23. The molecule has 0 spiro atoms. The Bertz CT molecular complexity index is 1780. The number of rotatable bonds is 7. The number of fused-ring (bicyclic) bond motifs is 2. The fraction of sp³-hybridized carbons (Fsp3) is 0.143. The highest BCUT2D eigenvalue weighted by atomic mass is 19.1. The average molecular weight is 510 g/mol. The van der Waals surface area contributed by atoms with E-state index in [0.29, 0.717) is 46.2 Å². The largest absolute Gasteiger partial charge is 0.506 e. The van der Waals surface area contributed by atoms with Gasteiger partial charge in [0.05, 0.1) is 34.6 Å². The second kappa shape index (κ2) is 9.56. The van der Waals surface area contributed by atoms with E-state index >= 15 is 0 Å². The topological polar surface area (TPSA) is 116 Å². The molecule has 4 heterocycles. The van der Waals surface area contributed by atoms with Gasteiger partial charge in [-0.15, -0.1) is 0 Å². The minimum Gasteiger partial charge on any atom is -0.506 e. The predicted octanol–water partition coefficient (Wildman–Crippen LogP) is 5.02. The van der Waals surface area contributed by atoms with Crippen molar-refractivity contribution < 1.29 is 14.2 Å². The number of halogens is 1. The van der Waals surface area contributed by atoms with E-state index < -0.39 is 0 Å². The summed E-state index contributed by atoms with van der Waals surface area (Å²) in [5, 5.41) is 18.1. The number of ether oxygens (including phenoxy) is 1. The van der Waals surface area contributed by atoms with Gasteiger partial charge in [0.1, 0.15) is 29.6 Å². The maximum atomic E-state index is 14.5. The highest BCUT2D eigenvalue weighted by molar-refractivity contribution is 5.97. The van der Waals surface area contributed by atoms with Crippen molar-refractivity contribution in [3.63, 3.8) is 0 Å². The molecule has 0 aliphatic rings. The van der Waals surface area contributed by atoms with Gasteiger partial charge < -0.3 is 19.7 Å². The van der Waals surface area contributed by atoms with E-state index in [1.807, 2.05) is 49.3 Å². The normalized spacial score (nSPS) is 11.6. The van der Waals surface area contributed by atoms with Crippen molar-refractivity contribution in [2.45, 2.75) is 0 Å². The molecule has 0 saturated carbocycles. The van der Waals surface area contributed by atoms with Gasteiger partial charge in [-0.1, -0.05) is 12.1 Å². The molecule has 0 amide bonds. The first-order valence-electron chi connectivity index (χ1n) is 12.0. The molecule has 10 heteroatoms. The third kappa shape index (κ3) is 4.53. The van der Waals surface area contributed by atoms with E-state index in [2.05, 4.69) is 25.1 Å². The van der Waals surface area contributed by atoms with Crippen LogP contribution in [0.1, 0.15) is 0 Å². The predicted molar refractivity (Wildman–Crippen MR) is 143 cm³/mol. The molecule has 0 aliphatic carbocycles. The van der Waals surface area contributed by atoms with Crippen LogP contribution in [0, 0.1) is 5.82 Å². The molecule has 4 aromatic heterocycles. The van der Waals surface area contributed by atoms with E-state index in [0.717, 1.165) is 28.5 Å². The van der Waals surface area contributed by atoms with Crippen molar-refractivity contribution >= 4 is 21.9 Å². The van der Waals surface area contributed by atoms with E-state index in [9.17, 15) is 9.50 Å². The van der Waals surface area contributed by atoms with Crippen LogP contribution in [-0.2, 0) is 0 Å². The lowest BCUT2D eigenvalue weighted by atomic mass is 10.0. The summed E-state index contributed by atoms with van der Waals surface area (Å²) in [6, 6.07) is 13.9. The smallest absolute Gasteiger partial charge is 0.159 e. The molecule has 6 aromatic rings. The number of imidazole rings is 1. The van der Waals surface area contributed by atoms with Crippen molar-refractivity contribution in [1.82, 2.24) is 35.0 Å². The van der Waals surface area contributed by atoms with Crippen molar-refractivity contribution in [3.8, 4) is 45.4 Å². The summed E-state index contributed by atoms with van der Waals surface area (Å²) >= 11 is 0. The summed E-state index contributed by atoms with van der Waals surface area (Å²) in [6.07, 6.45) is 4.69. The van der Waals surface area contributed by atoms with E-state index in [1.165, 1.54) is 18.3 Å². The Balaban J connectivity index is 1.40. The third-order valence-electron chi connectivity index (χ3n) is 6.19. The Morgan fingerprint density at radius 3 is 2.74 bits per heavy atom. The van der Waals surface area contributed by atoms with Gasteiger partial charge in [-0.2, -0.15) is 5.10 Å². The molecule has 6 rings (SSSR count). The summed E-state index contributed by atoms with van der Waals surface area (Å²) in [5.74, 6) is 0.707. The van der Waals surface area contributed by atoms with E-state index in [4.69, 9.17) is 9.72 Å². The third-order valence-corrected chi connectivity index (χ3v) is 6.19. The Kier molecular flexibility index (Phi) is 5.93. The molecule has 0 aliphatic heterocycles. The number of nitrogens with one attached hydrogen (secondary N) is 2. The van der Waals surface area contributed by atoms with Crippen LogP contribution in [0.3, 0.4) is 0 Å². The number of nitrogens with zero attached hydrogens (tertiary/aromatic N) is 5. The number of aromatic hydroxyl groups is 1. The van der Waals surface area contributed by atoms with Crippen molar-refractivity contribution in [2.75, 3.05) is 27.2 Å². The Hall–Kier alpha value is -4.83. The fourth-order valence-electron chi connectivity index (χ4n) is 4.35. The highest BCUT2D eigenvalue weighted by Gasteiger charge is 2.17. The zero-order chi connectivity index (χ0) is 26.2. The molecular weight excluding hydrogens is 485 g/mol. The number of hydrogen-bond acceptors (Lipinski definition) is 7. The molecule has 9 nitrogen and oxygen atoms in total. The molecular formula is C28H24FN7O2. The fourth-order valence-corrected chi connectivity index (χ4v) is 4.35. The number of H-pyrrole nitrogens is 2. The molecule has 0 bridgehead atoms. The monoisotopic (exact) mass is 509 g/mol. The van der Waals surface area contributed by atoms with Gasteiger partial charge in [0.25, 0.3) is 0 Å². The minimum absolute atomic E-state index is 0.0604. The molecule has 2 aromatic carbocycles. The maximum absolute atomic E-state index is 14.5. The highest BCUT2D eigenvalue weighted by Crippen LogP contribution is 2.34. The summed E-state index contributed by atoms with van der Waals surface area (Å²) in [5.41, 5.74) is 5.60. The standard InChI is InChI=1S/C28H24FN7O2/c1-36(2)6-7-38-20-10-16(8-18(29)11-20)21-4-3-5-23-26(21)33-28(32-23)27-22-12-24(31-15-25(22)34-35-27)17-9-19(37)14-30-13-17/h3-5,8-15,37H,6-7H2,1-2H3,(H,32,33)(H,34,35). The van der Waals surface area contributed by atoms with E-state index in [-0.39, 0.29) is 11.6 Å². The van der Waals surface area contributed by atoms with Crippen LogP contribution in [0.15, 0.2) is 67.1 Å². The van der Waals surface area contributed by atoms with Crippen LogP contribution in [0.2, 0.25) is 0 Å². The lowest BCUT2D eigenvalue weighted by Crippen LogP contribution is -2.19. The zero-order valence-electron chi connectivity index (χ0n) is 20.7. The van der Waals surface area contributed by atoms with Crippen LogP contribution < -0.4 is 4.74 Å². The van der Waals surface area contributed by atoms with Crippen LogP contribution >= 0.6 is 0 Å². The first kappa shape index (κ1) is 23.6. The number of benzene rings is 2. The number of aromatic nitrogens is 6. The molecule has 38 heavy (non-hydrogen) atoms. The van der Waals surface area contributed by atoms with Gasteiger partial charge in [0, 0.05) is 35.3 Å². The first-order chi connectivity index (χ1) is 18.4. The average Bonchev–Trinajstić information content (AvgIpc) is 3.51. The summed E-state index contributed by atoms with van der Waals surface area (Å²) in [6.45, 7) is 1.18. The van der Waals surface area contributed by atoms with Crippen LogP contribution in [0.25, 0.3) is 55.8 Å². The van der Waals surface area contributed by atoms with Gasteiger partial charge in [-0.25, -0.2) is 9.37 Å². The molecule has 0 fully saturated rings. The number of para-hydroxylation sites is 1. The van der Waals surface area contributed by atoms with Crippen LogP contribution in [0.4, 0.5) is 4.39 Å². The molecule has 0 radical (unpaired) electrons. The molecule has 0 saturated heterocycles. The van der Waals surface area contributed by atoms with Crippen molar-refractivity contribution in [3.05, 3.63) is 72.9 Å². The molecule has 0 unspecified atom stereocenters. The zero-order valence-corrected chi connectivity index (χ0v) is 20.7. The maximum Gasteiger partial charge on any atom is 0.159 e. The number of hydrogen-bond donors (Lipinski definition) is 3.